The van der Waals surface area contributed by atoms with E-state index < -0.39 is 29.7 Å². The minimum absolute atomic E-state index is 0.0109. The van der Waals surface area contributed by atoms with E-state index in [0.29, 0.717) is 24.7 Å². The Balaban J connectivity index is 0.926. The van der Waals surface area contributed by atoms with E-state index in [1.807, 2.05) is 20.8 Å². The molecule has 4 heterocycles. The molecule has 4 aliphatic heterocycles. The lowest BCUT2D eigenvalue weighted by atomic mass is 9.46. The van der Waals surface area contributed by atoms with Crippen LogP contribution in [0.15, 0.2) is 11.6 Å². The molecule has 0 aromatic carbocycles. The van der Waals surface area contributed by atoms with Gasteiger partial charge in [-0.25, -0.2) is 0 Å². The molecule has 0 unspecified atom stereocenters. The average Bonchev–Trinajstić information content (AvgIpc) is 3.55. The molecular weight excluding hydrogens is 580 g/mol. The smallest absolute Gasteiger partial charge is 0.318 e. The first kappa shape index (κ1) is 31.2. The number of rotatable bonds is 6. The largest absolute Gasteiger partial charge is 0.432 e. The number of aliphatic hydroxyl groups is 1. The molecule has 45 heavy (non-hydrogen) atoms. The van der Waals surface area contributed by atoms with Crippen molar-refractivity contribution in [3.8, 4) is 0 Å². The van der Waals surface area contributed by atoms with E-state index in [2.05, 4.69) is 13.0 Å². The molecule has 1 spiro atoms. The molecule has 0 aromatic heterocycles. The number of esters is 1. The summed E-state index contributed by atoms with van der Waals surface area (Å²) in [7, 11) is 3.31. The van der Waals surface area contributed by atoms with E-state index in [0.717, 1.165) is 51.4 Å². The van der Waals surface area contributed by atoms with Gasteiger partial charge in [-0.05, 0) is 82.5 Å². The van der Waals surface area contributed by atoms with Gasteiger partial charge in [0.25, 0.3) is 0 Å². The maximum Gasteiger partial charge on any atom is 0.318 e. The molecule has 16 atom stereocenters. The Morgan fingerprint density at radius 1 is 0.889 bits per heavy atom. The van der Waals surface area contributed by atoms with Crippen LogP contribution in [0.4, 0.5) is 0 Å². The lowest BCUT2D eigenvalue weighted by molar-refractivity contribution is -0.320. The van der Waals surface area contributed by atoms with Gasteiger partial charge in [-0.3, -0.25) is 4.79 Å². The van der Waals surface area contributed by atoms with Gasteiger partial charge in [0.2, 0.25) is 5.79 Å². The predicted octanol–water partition coefficient (Wildman–Crippen LogP) is 4.40. The number of carbonyl (C=O) groups excluding carboxylic acids is 1. The van der Waals surface area contributed by atoms with Crippen molar-refractivity contribution in [3.63, 3.8) is 0 Å². The Morgan fingerprint density at radius 2 is 1.62 bits per heavy atom. The second-order valence-electron chi connectivity index (χ2n) is 15.7. The third-order valence-electron chi connectivity index (χ3n) is 13.9. The number of hydrogen-bond donors (Lipinski definition) is 1. The number of ether oxygens (including phenoxy) is 8. The molecule has 0 aromatic rings. The van der Waals surface area contributed by atoms with Crippen molar-refractivity contribution >= 4 is 5.97 Å². The van der Waals surface area contributed by atoms with Gasteiger partial charge in [-0.1, -0.05) is 18.6 Å². The summed E-state index contributed by atoms with van der Waals surface area (Å²) in [6.07, 6.45) is 8.31. The Morgan fingerprint density at radius 3 is 2.40 bits per heavy atom. The van der Waals surface area contributed by atoms with Crippen LogP contribution >= 0.6 is 0 Å². The van der Waals surface area contributed by atoms with Crippen molar-refractivity contribution in [2.75, 3.05) is 14.2 Å². The second-order valence-corrected chi connectivity index (χ2v) is 15.7. The Hall–Kier alpha value is -1.11. The third kappa shape index (κ3) is 4.25. The molecule has 0 amide bonds. The van der Waals surface area contributed by atoms with Crippen LogP contribution in [0.5, 0.6) is 0 Å². The molecule has 10 heteroatoms. The lowest BCUT2D eigenvalue weighted by Crippen LogP contribution is -2.64. The van der Waals surface area contributed by atoms with Crippen LogP contribution in [0.2, 0.25) is 0 Å². The van der Waals surface area contributed by atoms with Crippen LogP contribution in [0, 0.1) is 28.6 Å². The van der Waals surface area contributed by atoms with Gasteiger partial charge in [-0.15, -0.1) is 0 Å². The SMILES string of the molecule is CO[C@H]1C[C@H](O[C@H]2[C@@H](OC)C[C@H](O[C@H]3CC[C@@]4(C)C(=CC[C@@H]5[C@@H]4CC[C@@]46C(=O)O[C@]7(C)O[C@@]54CC[C@H]76)C3)O[C@@H]2C)O[C@H](C)[C@H]1O. The van der Waals surface area contributed by atoms with Crippen molar-refractivity contribution < 1.29 is 47.8 Å². The molecule has 3 saturated carbocycles. The van der Waals surface area contributed by atoms with E-state index in [1.165, 1.54) is 5.57 Å². The van der Waals surface area contributed by atoms with Crippen LogP contribution < -0.4 is 0 Å². The average molecular weight is 633 g/mol. The van der Waals surface area contributed by atoms with Gasteiger partial charge in [0.15, 0.2) is 12.6 Å². The second kappa shape index (κ2) is 10.7. The molecule has 8 rings (SSSR count). The van der Waals surface area contributed by atoms with Gasteiger partial charge in [0.05, 0.1) is 36.1 Å². The van der Waals surface area contributed by atoms with E-state index in [4.69, 9.17) is 37.9 Å². The van der Waals surface area contributed by atoms with Gasteiger partial charge in [-0.2, -0.15) is 0 Å². The van der Waals surface area contributed by atoms with E-state index in [1.54, 1.807) is 14.2 Å². The summed E-state index contributed by atoms with van der Waals surface area (Å²) in [6.45, 7) is 8.30. The molecule has 7 fully saturated rings. The summed E-state index contributed by atoms with van der Waals surface area (Å²) in [6, 6.07) is 0. The van der Waals surface area contributed by atoms with E-state index >= 15 is 0 Å². The summed E-state index contributed by atoms with van der Waals surface area (Å²) in [5.74, 6) is 0.338. The van der Waals surface area contributed by atoms with Gasteiger partial charge >= 0.3 is 5.97 Å². The van der Waals surface area contributed by atoms with Crippen LogP contribution in [-0.4, -0.2) is 92.0 Å². The zero-order valence-corrected chi connectivity index (χ0v) is 27.7. The third-order valence-corrected chi connectivity index (χ3v) is 13.9. The van der Waals surface area contributed by atoms with Crippen LogP contribution in [0.3, 0.4) is 0 Å². The summed E-state index contributed by atoms with van der Waals surface area (Å²) in [5.41, 5.74) is 0.791. The zero-order chi connectivity index (χ0) is 31.5. The number of aliphatic hydroxyl groups excluding tert-OH is 1. The highest BCUT2D eigenvalue weighted by Gasteiger charge is 2.86. The summed E-state index contributed by atoms with van der Waals surface area (Å²) >= 11 is 0. The molecule has 1 N–H and O–H groups in total. The minimum Gasteiger partial charge on any atom is -0.432 e. The monoisotopic (exact) mass is 632 g/mol. The number of allylic oxidation sites excluding steroid dienone is 1. The Bertz CT molecular complexity index is 1220. The normalized spacial score (nSPS) is 56.7. The summed E-state index contributed by atoms with van der Waals surface area (Å²) in [4.78, 5) is 13.4. The highest BCUT2D eigenvalue weighted by Crippen LogP contribution is 2.78. The Kier molecular flexibility index (Phi) is 7.41. The maximum atomic E-state index is 13.4. The van der Waals surface area contributed by atoms with E-state index in [9.17, 15) is 9.90 Å². The van der Waals surface area contributed by atoms with Gasteiger partial charge in [0, 0.05) is 39.9 Å². The van der Waals surface area contributed by atoms with Crippen molar-refractivity contribution in [1.29, 1.82) is 0 Å². The zero-order valence-electron chi connectivity index (χ0n) is 27.7. The topological polar surface area (TPSA) is 111 Å². The van der Waals surface area contributed by atoms with Crippen molar-refractivity contribution in [2.24, 2.45) is 28.6 Å². The summed E-state index contributed by atoms with van der Waals surface area (Å²) in [5, 5.41) is 10.4. The van der Waals surface area contributed by atoms with Crippen molar-refractivity contribution in [3.05, 3.63) is 11.6 Å². The first-order valence-corrected chi connectivity index (χ1v) is 17.5. The van der Waals surface area contributed by atoms with E-state index in [-0.39, 0.29) is 59.7 Å². The molecule has 4 saturated heterocycles. The van der Waals surface area contributed by atoms with Crippen LogP contribution in [-0.2, 0) is 42.7 Å². The highest BCUT2D eigenvalue weighted by molar-refractivity contribution is 5.84. The molecule has 252 valence electrons. The number of carbonyl (C=O) groups is 1. The molecular formula is C35H52O10. The van der Waals surface area contributed by atoms with Crippen LogP contribution in [0.1, 0.15) is 91.9 Å². The van der Waals surface area contributed by atoms with Gasteiger partial charge in [0.1, 0.15) is 17.6 Å². The molecule has 4 bridgehead atoms. The highest BCUT2D eigenvalue weighted by atomic mass is 16.8. The van der Waals surface area contributed by atoms with Gasteiger partial charge < -0.3 is 43.0 Å². The summed E-state index contributed by atoms with van der Waals surface area (Å²) < 4.78 is 49.6. The number of fused-ring (bicyclic) bond motifs is 3. The van der Waals surface area contributed by atoms with Crippen LogP contribution in [0.25, 0.3) is 0 Å². The quantitative estimate of drug-likeness (QED) is 0.334. The molecule has 8 aliphatic rings. The lowest BCUT2D eigenvalue weighted by Gasteiger charge is -2.61. The van der Waals surface area contributed by atoms with Crippen molar-refractivity contribution in [1.82, 2.24) is 0 Å². The fraction of sp³-hybridized carbons (Fsp3) is 0.914. The predicted molar refractivity (Wildman–Crippen MR) is 160 cm³/mol. The molecule has 10 nitrogen and oxygen atoms in total. The molecule has 0 radical (unpaired) electrons. The Labute approximate surface area is 266 Å². The number of methoxy groups -OCH3 is 2. The minimum atomic E-state index is -0.738. The fourth-order valence-electron chi connectivity index (χ4n) is 11.8. The fourth-order valence-corrected chi connectivity index (χ4v) is 11.8. The first-order chi connectivity index (χ1) is 21.5. The standard InChI is InChI=1S/C35H52O10/c1-18-29(36)24(38-5)16-28(40-18)43-30-19(2)41-27(17-25(30)39-6)42-21-9-12-32(3)20(15-21)7-8-23-22(32)10-13-34-26-11-14-35(23,34)45-33(26,4)44-31(34)37/h7,18-19,21-30,36H,8-17H2,1-6H3/t18-,19-,21+,22+,23-,24+,25+,26-,27+,28+,29-,30-,32+,33-,34-,35+/m1/s1. The van der Waals surface area contributed by atoms with Crippen molar-refractivity contribution in [2.45, 2.75) is 159 Å². The molecule has 4 aliphatic carbocycles. The maximum absolute atomic E-state index is 13.4. The first-order valence-electron chi connectivity index (χ1n) is 17.5. The number of hydrogen-bond acceptors (Lipinski definition) is 10.